The molecule has 0 aromatic carbocycles. The van der Waals surface area contributed by atoms with E-state index >= 15 is 0 Å². The summed E-state index contributed by atoms with van der Waals surface area (Å²) in [6, 6.07) is -0.291. The molecular weight excluding hydrogens is 194 g/mol. The molecule has 4 heteroatoms. The molecule has 1 fully saturated rings. The van der Waals surface area contributed by atoms with Gasteiger partial charge in [-0.1, -0.05) is 6.04 Å². The standard InChI is InChI=1S/C11H18NO3/c1-8-7-9(13)5-6-12(8)10(14)15-11(2,3)4/h8H,1,5-7H2,2-4H3/q-1. The number of ether oxygens (including phenoxy) is 1. The number of amides is 1. The maximum atomic E-state index is 11.7. The number of piperidine rings is 1. The first-order valence-electron chi connectivity index (χ1n) is 5.14. The lowest BCUT2D eigenvalue weighted by Crippen LogP contribution is -2.47. The smallest absolute Gasteiger partial charge is 0.408 e. The number of hydrogen-bond acceptors (Lipinski definition) is 3. The molecule has 0 spiro atoms. The second kappa shape index (κ2) is 4.21. The molecule has 86 valence electrons. The maximum absolute atomic E-state index is 11.7. The first-order chi connectivity index (χ1) is 6.79. The Labute approximate surface area is 90.6 Å². The fraction of sp³-hybridized carbons (Fsp3) is 0.727. The van der Waals surface area contributed by atoms with E-state index in [-0.39, 0.29) is 17.9 Å². The number of carbonyl (C=O) groups excluding carboxylic acids is 2. The van der Waals surface area contributed by atoms with E-state index in [4.69, 9.17) is 4.74 Å². The predicted octanol–water partition coefficient (Wildman–Crippen LogP) is 1.79. The summed E-state index contributed by atoms with van der Waals surface area (Å²) in [7, 11) is 0. The lowest BCUT2D eigenvalue weighted by Gasteiger charge is -2.38. The lowest BCUT2D eigenvalue weighted by molar-refractivity contribution is -0.122. The zero-order chi connectivity index (χ0) is 11.6. The highest BCUT2D eigenvalue weighted by atomic mass is 16.6. The number of likely N-dealkylation sites (tertiary alicyclic amines) is 1. The van der Waals surface area contributed by atoms with Gasteiger partial charge in [-0.2, -0.15) is 0 Å². The third kappa shape index (κ3) is 3.53. The highest BCUT2D eigenvalue weighted by Gasteiger charge is 2.27. The normalized spacial score (nSPS) is 22.8. The van der Waals surface area contributed by atoms with Crippen molar-refractivity contribution in [3.8, 4) is 0 Å². The van der Waals surface area contributed by atoms with E-state index in [0.717, 1.165) is 0 Å². The van der Waals surface area contributed by atoms with Gasteiger partial charge in [0.25, 0.3) is 0 Å². The molecule has 0 N–H and O–H groups in total. The molecule has 0 aliphatic carbocycles. The molecule has 0 bridgehead atoms. The van der Waals surface area contributed by atoms with E-state index in [2.05, 4.69) is 6.92 Å². The van der Waals surface area contributed by atoms with Gasteiger partial charge in [-0.3, -0.25) is 4.79 Å². The second-order valence-corrected chi connectivity index (χ2v) is 4.82. The SMILES string of the molecule is [CH2-]C1CC(=O)CCN1C(=O)OC(C)(C)C. The van der Waals surface area contributed by atoms with E-state index in [9.17, 15) is 9.59 Å². The van der Waals surface area contributed by atoms with Crippen LogP contribution < -0.4 is 0 Å². The summed E-state index contributed by atoms with van der Waals surface area (Å²) in [6.07, 6.45) is 0.361. The molecule has 1 amide bonds. The quantitative estimate of drug-likeness (QED) is 0.575. The summed E-state index contributed by atoms with van der Waals surface area (Å²) in [5.41, 5.74) is -0.502. The van der Waals surface area contributed by atoms with E-state index < -0.39 is 5.60 Å². The van der Waals surface area contributed by atoms with Crippen LogP contribution >= 0.6 is 0 Å². The molecule has 1 aliphatic rings. The van der Waals surface area contributed by atoms with Crippen molar-refractivity contribution >= 4 is 11.9 Å². The largest absolute Gasteiger partial charge is 0.444 e. The molecule has 1 atom stereocenters. The number of rotatable bonds is 0. The zero-order valence-corrected chi connectivity index (χ0v) is 9.58. The van der Waals surface area contributed by atoms with Gasteiger partial charge < -0.3 is 16.6 Å². The summed E-state index contributed by atoms with van der Waals surface area (Å²) in [6.45, 7) is 9.66. The minimum Gasteiger partial charge on any atom is -0.444 e. The molecular formula is C11H18NO3-. The Morgan fingerprint density at radius 2 is 2.13 bits per heavy atom. The minimum absolute atomic E-state index is 0.162. The van der Waals surface area contributed by atoms with Crippen molar-refractivity contribution in [2.24, 2.45) is 0 Å². The molecule has 1 heterocycles. The fourth-order valence-corrected chi connectivity index (χ4v) is 1.46. The van der Waals surface area contributed by atoms with Crippen LogP contribution in [0, 0.1) is 6.92 Å². The first kappa shape index (κ1) is 12.0. The maximum Gasteiger partial charge on any atom is 0.408 e. The van der Waals surface area contributed by atoms with Gasteiger partial charge >= 0.3 is 6.09 Å². The molecule has 1 aliphatic heterocycles. The zero-order valence-electron chi connectivity index (χ0n) is 9.58. The molecule has 1 rings (SSSR count). The second-order valence-electron chi connectivity index (χ2n) is 4.82. The van der Waals surface area contributed by atoms with Crippen molar-refractivity contribution in [3.63, 3.8) is 0 Å². The van der Waals surface area contributed by atoms with Crippen LogP contribution in [-0.2, 0) is 9.53 Å². The van der Waals surface area contributed by atoms with Crippen molar-refractivity contribution in [2.45, 2.75) is 45.3 Å². The molecule has 1 unspecified atom stereocenters. The summed E-state index contributed by atoms with van der Waals surface area (Å²) >= 11 is 0. The van der Waals surface area contributed by atoms with E-state index in [1.807, 2.05) is 20.8 Å². The average molecular weight is 212 g/mol. The summed E-state index contributed by atoms with van der Waals surface area (Å²) in [5, 5.41) is 0. The summed E-state index contributed by atoms with van der Waals surface area (Å²) in [4.78, 5) is 24.3. The Morgan fingerprint density at radius 3 is 2.60 bits per heavy atom. The van der Waals surface area contributed by atoms with Gasteiger partial charge in [-0.05, 0) is 27.2 Å². The molecule has 15 heavy (non-hydrogen) atoms. The van der Waals surface area contributed by atoms with Gasteiger partial charge in [-0.25, -0.2) is 4.79 Å². The van der Waals surface area contributed by atoms with Crippen LogP contribution in [0.5, 0.6) is 0 Å². The van der Waals surface area contributed by atoms with E-state index in [1.54, 1.807) is 0 Å². The fourth-order valence-electron chi connectivity index (χ4n) is 1.46. The third-order valence-electron chi connectivity index (χ3n) is 2.16. The topological polar surface area (TPSA) is 46.6 Å². The van der Waals surface area contributed by atoms with Crippen LogP contribution in [0.25, 0.3) is 0 Å². The molecule has 0 aromatic heterocycles. The van der Waals surface area contributed by atoms with Crippen molar-refractivity contribution in [3.05, 3.63) is 6.92 Å². The highest BCUT2D eigenvalue weighted by Crippen LogP contribution is 2.17. The Bertz CT molecular complexity index is 267. The van der Waals surface area contributed by atoms with E-state index in [1.165, 1.54) is 4.90 Å². The lowest BCUT2D eigenvalue weighted by atomic mass is 10.0. The highest BCUT2D eigenvalue weighted by molar-refractivity contribution is 5.82. The van der Waals surface area contributed by atoms with Crippen LogP contribution in [0.1, 0.15) is 33.6 Å². The number of Topliss-reactive ketones (excluding diaryl/α,β-unsaturated/α-hetero) is 1. The number of ketones is 1. The number of nitrogens with zero attached hydrogens (tertiary/aromatic N) is 1. The summed E-state index contributed by atoms with van der Waals surface area (Å²) in [5.74, 6) is 0.162. The van der Waals surface area contributed by atoms with Crippen LogP contribution in [0.2, 0.25) is 0 Å². The van der Waals surface area contributed by atoms with Crippen LogP contribution in [0.3, 0.4) is 0 Å². The van der Waals surface area contributed by atoms with Crippen LogP contribution in [0.15, 0.2) is 0 Å². The molecule has 0 aromatic rings. The molecule has 4 nitrogen and oxygen atoms in total. The Morgan fingerprint density at radius 1 is 1.53 bits per heavy atom. The third-order valence-corrected chi connectivity index (χ3v) is 2.16. The van der Waals surface area contributed by atoms with E-state index in [0.29, 0.717) is 19.4 Å². The molecule has 0 radical (unpaired) electrons. The van der Waals surface area contributed by atoms with Crippen molar-refractivity contribution in [2.75, 3.05) is 6.54 Å². The van der Waals surface area contributed by atoms with Crippen molar-refractivity contribution in [1.82, 2.24) is 4.90 Å². The number of carbonyl (C=O) groups is 2. The minimum atomic E-state index is -0.502. The van der Waals surface area contributed by atoms with Gasteiger partial charge in [-0.15, -0.1) is 0 Å². The molecule has 0 saturated carbocycles. The Hall–Kier alpha value is -1.06. The first-order valence-corrected chi connectivity index (χ1v) is 5.14. The van der Waals surface area contributed by atoms with Gasteiger partial charge in [0.05, 0.1) is 0 Å². The molecule has 1 saturated heterocycles. The average Bonchev–Trinajstić information content (AvgIpc) is 1.99. The van der Waals surface area contributed by atoms with Gasteiger partial charge in [0, 0.05) is 13.0 Å². The van der Waals surface area contributed by atoms with Gasteiger partial charge in [0.1, 0.15) is 11.4 Å². The van der Waals surface area contributed by atoms with Gasteiger partial charge in [0.2, 0.25) is 0 Å². The van der Waals surface area contributed by atoms with Crippen molar-refractivity contribution in [1.29, 1.82) is 0 Å². The monoisotopic (exact) mass is 212 g/mol. The Balaban J connectivity index is 2.56. The van der Waals surface area contributed by atoms with Gasteiger partial charge in [0.15, 0.2) is 0 Å². The van der Waals surface area contributed by atoms with Crippen LogP contribution in [0.4, 0.5) is 4.79 Å². The summed E-state index contributed by atoms with van der Waals surface area (Å²) < 4.78 is 5.22. The Kier molecular flexibility index (Phi) is 3.37. The van der Waals surface area contributed by atoms with Crippen molar-refractivity contribution < 1.29 is 14.3 Å². The predicted molar refractivity (Wildman–Crippen MR) is 56.3 cm³/mol. The van der Waals surface area contributed by atoms with Crippen LogP contribution in [-0.4, -0.2) is 35.0 Å². The number of hydrogen-bond donors (Lipinski definition) is 0.